The Bertz CT molecular complexity index is 286. The highest BCUT2D eigenvalue weighted by molar-refractivity contribution is 7.54. The molecule has 0 aliphatic rings. The number of carbonyl (C=O) groups is 1. The summed E-state index contributed by atoms with van der Waals surface area (Å²) in [5.41, 5.74) is 0.733. The molecular weight excluding hydrogens is 227 g/mol. The summed E-state index contributed by atoms with van der Waals surface area (Å²) in [4.78, 5) is 11.2. The van der Waals surface area contributed by atoms with E-state index in [-0.39, 0.29) is 11.9 Å². The van der Waals surface area contributed by atoms with Crippen molar-refractivity contribution in [1.82, 2.24) is 0 Å². The first kappa shape index (κ1) is 15.6. The molecule has 5 heteroatoms. The normalized spacial score (nSPS) is 12.9. The molecule has 0 aromatic rings. The fourth-order valence-corrected chi connectivity index (χ4v) is 3.00. The minimum atomic E-state index is -3.06. The lowest BCUT2D eigenvalue weighted by atomic mass is 10.2. The molecule has 0 aliphatic carbocycles. The van der Waals surface area contributed by atoms with Gasteiger partial charge in [-0.15, -0.1) is 0 Å². The Morgan fingerprint density at radius 2 is 1.69 bits per heavy atom. The summed E-state index contributed by atoms with van der Waals surface area (Å²) in [6.07, 6.45) is 2.13. The first-order valence-electron chi connectivity index (χ1n) is 5.55. The van der Waals surface area contributed by atoms with Gasteiger partial charge in [0.05, 0.1) is 19.4 Å². The lowest BCUT2D eigenvalue weighted by Gasteiger charge is -2.16. The highest BCUT2D eigenvalue weighted by Gasteiger charge is 2.23. The number of allylic oxidation sites excluding steroid dienone is 2. The van der Waals surface area contributed by atoms with E-state index in [4.69, 9.17) is 9.05 Å². The fraction of sp³-hybridized carbons (Fsp3) is 0.727. The van der Waals surface area contributed by atoms with Crippen molar-refractivity contribution in [2.24, 2.45) is 0 Å². The average molecular weight is 248 g/mol. The van der Waals surface area contributed by atoms with Crippen LogP contribution in [0.15, 0.2) is 11.6 Å². The Hall–Kier alpha value is -0.440. The minimum Gasteiger partial charge on any atom is -0.309 e. The first-order chi connectivity index (χ1) is 7.47. The standard InChI is InChI=1S/C11H21O4P/c1-5-11(12)8-10(4)9-16(13,14-6-2)15-7-3/h8H,5-7,9H2,1-4H3/b10-8+. The van der Waals surface area contributed by atoms with Crippen molar-refractivity contribution >= 4 is 13.4 Å². The van der Waals surface area contributed by atoms with E-state index in [9.17, 15) is 9.36 Å². The summed E-state index contributed by atoms with van der Waals surface area (Å²) >= 11 is 0. The van der Waals surface area contributed by atoms with Gasteiger partial charge in [-0.3, -0.25) is 9.36 Å². The van der Waals surface area contributed by atoms with Crippen LogP contribution in [0.25, 0.3) is 0 Å². The van der Waals surface area contributed by atoms with E-state index in [1.54, 1.807) is 27.7 Å². The first-order valence-corrected chi connectivity index (χ1v) is 7.28. The quantitative estimate of drug-likeness (QED) is 0.489. The van der Waals surface area contributed by atoms with Gasteiger partial charge in [-0.05, 0) is 26.8 Å². The second-order valence-corrected chi connectivity index (χ2v) is 5.47. The zero-order valence-electron chi connectivity index (χ0n) is 10.5. The summed E-state index contributed by atoms with van der Waals surface area (Å²) in [6.45, 7) is 7.76. The molecule has 0 unspecified atom stereocenters. The van der Waals surface area contributed by atoms with Crippen molar-refractivity contribution in [3.63, 3.8) is 0 Å². The van der Waals surface area contributed by atoms with Gasteiger partial charge in [0.15, 0.2) is 5.78 Å². The lowest BCUT2D eigenvalue weighted by Crippen LogP contribution is -2.02. The van der Waals surface area contributed by atoms with Gasteiger partial charge in [0.1, 0.15) is 0 Å². The topological polar surface area (TPSA) is 52.6 Å². The number of hydrogen-bond acceptors (Lipinski definition) is 4. The summed E-state index contributed by atoms with van der Waals surface area (Å²) in [5, 5.41) is 0. The summed E-state index contributed by atoms with van der Waals surface area (Å²) < 4.78 is 22.4. The third-order valence-electron chi connectivity index (χ3n) is 1.85. The van der Waals surface area contributed by atoms with E-state index in [2.05, 4.69) is 0 Å². The van der Waals surface area contributed by atoms with E-state index < -0.39 is 7.60 Å². The molecule has 0 radical (unpaired) electrons. The zero-order valence-corrected chi connectivity index (χ0v) is 11.4. The van der Waals surface area contributed by atoms with Crippen LogP contribution in [0.5, 0.6) is 0 Å². The molecule has 0 aliphatic heterocycles. The molecule has 0 N–H and O–H groups in total. The van der Waals surface area contributed by atoms with Crippen molar-refractivity contribution in [2.45, 2.75) is 34.1 Å². The summed E-state index contributed by atoms with van der Waals surface area (Å²) in [6, 6.07) is 0. The van der Waals surface area contributed by atoms with Gasteiger partial charge in [0.25, 0.3) is 0 Å². The van der Waals surface area contributed by atoms with Crippen LogP contribution in [0.1, 0.15) is 34.1 Å². The second-order valence-electron chi connectivity index (χ2n) is 3.42. The Labute approximate surface area is 97.6 Å². The predicted octanol–water partition coefficient (Wildman–Crippen LogP) is 3.18. The van der Waals surface area contributed by atoms with Crippen molar-refractivity contribution in [3.05, 3.63) is 11.6 Å². The third-order valence-corrected chi connectivity index (χ3v) is 4.04. The maximum absolute atomic E-state index is 12.1. The van der Waals surface area contributed by atoms with Gasteiger partial charge in [-0.1, -0.05) is 12.5 Å². The lowest BCUT2D eigenvalue weighted by molar-refractivity contribution is -0.114. The van der Waals surface area contributed by atoms with Crippen molar-refractivity contribution < 1.29 is 18.4 Å². The maximum Gasteiger partial charge on any atom is 0.334 e. The van der Waals surface area contributed by atoms with Crippen LogP contribution in [0.4, 0.5) is 0 Å². The molecule has 0 atom stereocenters. The molecule has 0 fully saturated rings. The van der Waals surface area contributed by atoms with Crippen LogP contribution in [-0.2, 0) is 18.4 Å². The van der Waals surface area contributed by atoms with Gasteiger partial charge < -0.3 is 9.05 Å². The molecule has 0 spiro atoms. The van der Waals surface area contributed by atoms with Crippen LogP contribution >= 0.6 is 7.60 Å². The summed E-state index contributed by atoms with van der Waals surface area (Å²) in [7, 11) is -3.06. The largest absolute Gasteiger partial charge is 0.334 e. The Morgan fingerprint density at radius 3 is 2.06 bits per heavy atom. The van der Waals surface area contributed by atoms with E-state index in [0.29, 0.717) is 19.6 Å². The SMILES string of the molecule is CCOP(=O)(C/C(C)=C/C(=O)CC)OCC. The molecule has 4 nitrogen and oxygen atoms in total. The highest BCUT2D eigenvalue weighted by Crippen LogP contribution is 2.49. The smallest absolute Gasteiger partial charge is 0.309 e. The summed E-state index contributed by atoms with van der Waals surface area (Å²) in [5.74, 6) is 0.0250. The molecule has 94 valence electrons. The number of carbonyl (C=O) groups excluding carboxylic acids is 1. The molecule has 0 rings (SSSR count). The molecule has 16 heavy (non-hydrogen) atoms. The number of rotatable bonds is 8. The maximum atomic E-state index is 12.1. The van der Waals surface area contributed by atoms with Crippen LogP contribution in [0.3, 0.4) is 0 Å². The zero-order chi connectivity index (χ0) is 12.6. The number of hydrogen-bond donors (Lipinski definition) is 0. The average Bonchev–Trinajstić information content (AvgIpc) is 2.17. The molecule has 0 amide bonds. The molecule has 0 aromatic heterocycles. The van der Waals surface area contributed by atoms with Gasteiger partial charge in [0, 0.05) is 6.42 Å². The molecule has 0 aromatic carbocycles. The molecule has 0 saturated carbocycles. The Balaban J connectivity index is 4.57. The van der Waals surface area contributed by atoms with Gasteiger partial charge >= 0.3 is 7.60 Å². The van der Waals surface area contributed by atoms with Crippen LogP contribution in [0, 0.1) is 0 Å². The monoisotopic (exact) mass is 248 g/mol. The minimum absolute atomic E-state index is 0.0250. The van der Waals surface area contributed by atoms with Gasteiger partial charge in [-0.2, -0.15) is 0 Å². The molecule has 0 saturated heterocycles. The Kier molecular flexibility index (Phi) is 7.56. The van der Waals surface area contributed by atoms with E-state index >= 15 is 0 Å². The van der Waals surface area contributed by atoms with Crippen LogP contribution in [-0.4, -0.2) is 25.2 Å². The van der Waals surface area contributed by atoms with Crippen molar-refractivity contribution in [1.29, 1.82) is 0 Å². The Morgan fingerprint density at radius 1 is 1.19 bits per heavy atom. The van der Waals surface area contributed by atoms with E-state index in [0.717, 1.165) is 5.57 Å². The number of ketones is 1. The predicted molar refractivity (Wildman–Crippen MR) is 64.8 cm³/mol. The van der Waals surface area contributed by atoms with E-state index in [1.807, 2.05) is 0 Å². The highest BCUT2D eigenvalue weighted by atomic mass is 31.2. The van der Waals surface area contributed by atoms with Gasteiger partial charge in [-0.25, -0.2) is 0 Å². The van der Waals surface area contributed by atoms with Crippen LogP contribution in [0.2, 0.25) is 0 Å². The second kappa shape index (κ2) is 7.77. The molecule has 0 heterocycles. The van der Waals surface area contributed by atoms with Crippen molar-refractivity contribution in [3.8, 4) is 0 Å². The van der Waals surface area contributed by atoms with Crippen LogP contribution < -0.4 is 0 Å². The molecular formula is C11H21O4P. The van der Waals surface area contributed by atoms with Gasteiger partial charge in [0.2, 0.25) is 0 Å². The third kappa shape index (κ3) is 6.21. The van der Waals surface area contributed by atoms with Crippen molar-refractivity contribution in [2.75, 3.05) is 19.4 Å². The van der Waals surface area contributed by atoms with E-state index in [1.165, 1.54) is 6.08 Å². The fourth-order valence-electron chi connectivity index (χ4n) is 1.25. The molecule has 0 bridgehead atoms.